The third-order valence-electron chi connectivity index (χ3n) is 13.2. The van der Waals surface area contributed by atoms with E-state index >= 15 is 0 Å². The number of hydrogen-bond acceptors (Lipinski definition) is 0. The van der Waals surface area contributed by atoms with Gasteiger partial charge in [0.2, 0.25) is 0 Å². The topological polar surface area (TPSA) is 0 Å². The zero-order chi connectivity index (χ0) is 19.2. The molecule has 0 amide bonds. The van der Waals surface area contributed by atoms with Gasteiger partial charge < -0.3 is 0 Å². The molecule has 4 atom stereocenters. The van der Waals surface area contributed by atoms with Crippen LogP contribution in [0, 0.1) is 43.3 Å². The number of hydrogen-bond donors (Lipinski definition) is 0. The Balaban J connectivity index is 2.61. The van der Waals surface area contributed by atoms with Gasteiger partial charge in [-0.2, -0.15) is 0 Å². The molecular formula is C24H42. The van der Waals surface area contributed by atoms with Gasteiger partial charge in [-0.05, 0) is 46.3 Å². The van der Waals surface area contributed by atoms with E-state index in [0.29, 0.717) is 0 Å². The van der Waals surface area contributed by atoms with Crippen molar-refractivity contribution in [3.8, 4) is 0 Å². The summed E-state index contributed by atoms with van der Waals surface area (Å²) in [6, 6.07) is 0. The maximum Gasteiger partial charge on any atom is 0.000801 e. The summed E-state index contributed by atoms with van der Waals surface area (Å²) in [5.74, 6) is 0. The highest BCUT2D eigenvalue weighted by Crippen LogP contribution is 2.98. The van der Waals surface area contributed by atoms with Crippen molar-refractivity contribution in [3.63, 3.8) is 0 Å². The Morgan fingerprint density at radius 3 is 0.875 bits per heavy atom. The molecule has 0 heterocycles. The third-order valence-corrected chi connectivity index (χ3v) is 13.2. The Labute approximate surface area is 151 Å². The SMILES string of the molecule is CC1=C(C)C2(C)C(C)(C)C1(C)C1(C)C(C)(C)C(C)(C)C(C)(C)C21C. The molecule has 0 saturated heterocycles. The first-order chi connectivity index (χ1) is 10.3. The minimum atomic E-state index is 0.224. The lowest BCUT2D eigenvalue weighted by Gasteiger charge is -2.61. The van der Waals surface area contributed by atoms with Gasteiger partial charge in [-0.15, -0.1) is 0 Å². The Morgan fingerprint density at radius 2 is 0.625 bits per heavy atom. The van der Waals surface area contributed by atoms with Crippen molar-refractivity contribution in [2.75, 3.05) is 0 Å². The van der Waals surface area contributed by atoms with Crippen LogP contribution in [0.15, 0.2) is 11.1 Å². The molecule has 24 heavy (non-hydrogen) atoms. The van der Waals surface area contributed by atoms with Gasteiger partial charge in [-0.1, -0.05) is 94.2 Å². The van der Waals surface area contributed by atoms with Gasteiger partial charge in [0, 0.05) is 10.8 Å². The molecule has 3 aliphatic carbocycles. The molecule has 0 radical (unpaired) electrons. The van der Waals surface area contributed by atoms with Crippen LogP contribution in [-0.2, 0) is 0 Å². The lowest BCUT2D eigenvalue weighted by Crippen LogP contribution is -2.55. The summed E-state index contributed by atoms with van der Waals surface area (Å²) < 4.78 is 0. The summed E-state index contributed by atoms with van der Waals surface area (Å²) >= 11 is 0. The van der Waals surface area contributed by atoms with E-state index in [0.717, 1.165) is 0 Å². The molecule has 2 fully saturated rings. The lowest BCUT2D eigenvalue weighted by molar-refractivity contribution is -0.0927. The van der Waals surface area contributed by atoms with Crippen molar-refractivity contribution in [1.82, 2.24) is 0 Å². The molecule has 4 unspecified atom stereocenters. The highest BCUT2D eigenvalue weighted by molar-refractivity contribution is 5.53. The van der Waals surface area contributed by atoms with Crippen LogP contribution in [0.3, 0.4) is 0 Å². The summed E-state index contributed by atoms with van der Waals surface area (Å²) in [4.78, 5) is 0. The number of allylic oxidation sites excluding steroid dienone is 2. The quantitative estimate of drug-likeness (QED) is 0.403. The molecular weight excluding hydrogens is 288 g/mol. The first-order valence-electron chi connectivity index (χ1n) is 10.0. The predicted molar refractivity (Wildman–Crippen MR) is 106 cm³/mol. The standard InChI is InChI=1S/C24H42/c1-15-16(2)22(12)20(9,10)21(15,11)23(13)18(5,6)17(3,4)19(7,8)24(22,23)14/h1-14H3. The van der Waals surface area contributed by atoms with Gasteiger partial charge in [0.15, 0.2) is 0 Å². The maximum atomic E-state index is 2.66. The summed E-state index contributed by atoms with van der Waals surface area (Å²) in [5, 5.41) is 0. The van der Waals surface area contributed by atoms with Crippen molar-refractivity contribution in [3.05, 3.63) is 11.1 Å². The van der Waals surface area contributed by atoms with Crippen LogP contribution in [0.4, 0.5) is 0 Å². The molecule has 138 valence electrons. The average molecular weight is 331 g/mol. The first-order valence-corrected chi connectivity index (χ1v) is 10.0. The lowest BCUT2D eigenvalue weighted by atomic mass is 9.42. The van der Waals surface area contributed by atoms with Gasteiger partial charge in [0.25, 0.3) is 0 Å². The fraction of sp³-hybridized carbons (Fsp3) is 0.917. The molecule has 0 spiro atoms. The Hall–Kier alpha value is -0.260. The van der Waals surface area contributed by atoms with E-state index in [2.05, 4.69) is 96.9 Å². The molecule has 2 saturated carbocycles. The van der Waals surface area contributed by atoms with Gasteiger partial charge >= 0.3 is 0 Å². The van der Waals surface area contributed by atoms with Crippen molar-refractivity contribution >= 4 is 0 Å². The zero-order valence-corrected chi connectivity index (χ0v) is 19.0. The van der Waals surface area contributed by atoms with Crippen LogP contribution in [0.5, 0.6) is 0 Å². The van der Waals surface area contributed by atoms with Gasteiger partial charge in [-0.3, -0.25) is 0 Å². The smallest absolute Gasteiger partial charge is 0.000801 e. The Bertz CT molecular complexity index is 616. The normalized spacial score (nSPS) is 52.8. The van der Waals surface area contributed by atoms with Crippen LogP contribution in [-0.4, -0.2) is 0 Å². The van der Waals surface area contributed by atoms with Crippen LogP contribution < -0.4 is 0 Å². The summed E-state index contributed by atoms with van der Waals surface area (Å²) in [5.41, 5.74) is 5.35. The van der Waals surface area contributed by atoms with E-state index in [1.165, 1.54) is 0 Å². The molecule has 0 nitrogen and oxygen atoms in total. The molecule has 0 aliphatic heterocycles. The second-order valence-electron chi connectivity index (χ2n) is 12.2. The van der Waals surface area contributed by atoms with Crippen molar-refractivity contribution in [2.24, 2.45) is 43.3 Å². The van der Waals surface area contributed by atoms with Crippen molar-refractivity contribution < 1.29 is 0 Å². The molecule has 3 rings (SSSR count). The monoisotopic (exact) mass is 330 g/mol. The molecule has 0 heteroatoms. The largest absolute Gasteiger partial charge is 0.0667 e. The minimum absolute atomic E-state index is 0.224. The highest BCUT2D eigenvalue weighted by atomic mass is 15.0. The molecule has 0 aromatic rings. The van der Waals surface area contributed by atoms with E-state index in [9.17, 15) is 0 Å². The first kappa shape index (κ1) is 18.5. The average Bonchev–Trinajstić information content (AvgIpc) is 2.64. The highest BCUT2D eigenvalue weighted by Gasteiger charge is 2.92. The van der Waals surface area contributed by atoms with Crippen molar-refractivity contribution in [2.45, 2.75) is 96.9 Å². The summed E-state index contributed by atoms with van der Waals surface area (Å²) in [6.45, 7) is 36.0. The maximum absolute atomic E-state index is 2.66. The van der Waals surface area contributed by atoms with E-state index in [1.54, 1.807) is 11.1 Å². The van der Waals surface area contributed by atoms with Gasteiger partial charge in [-0.25, -0.2) is 0 Å². The van der Waals surface area contributed by atoms with E-state index in [1.807, 2.05) is 0 Å². The Morgan fingerprint density at radius 1 is 0.375 bits per heavy atom. The fourth-order valence-electron chi connectivity index (χ4n) is 9.72. The second-order valence-corrected chi connectivity index (χ2v) is 12.2. The fourth-order valence-corrected chi connectivity index (χ4v) is 9.72. The molecule has 0 aromatic heterocycles. The molecule has 3 aliphatic rings. The summed E-state index contributed by atoms with van der Waals surface area (Å²) in [7, 11) is 0. The number of rotatable bonds is 0. The zero-order valence-electron chi connectivity index (χ0n) is 19.0. The number of fused-ring (bicyclic) bond motifs is 5. The molecule has 2 bridgehead atoms. The molecule has 0 aromatic carbocycles. The van der Waals surface area contributed by atoms with Gasteiger partial charge in [0.05, 0.1) is 0 Å². The van der Waals surface area contributed by atoms with Gasteiger partial charge in [0.1, 0.15) is 0 Å². The van der Waals surface area contributed by atoms with E-state index in [-0.39, 0.29) is 43.3 Å². The van der Waals surface area contributed by atoms with Crippen LogP contribution in [0.25, 0.3) is 0 Å². The van der Waals surface area contributed by atoms with E-state index < -0.39 is 0 Å². The summed E-state index contributed by atoms with van der Waals surface area (Å²) in [6.07, 6.45) is 0. The van der Waals surface area contributed by atoms with Crippen LogP contribution >= 0.6 is 0 Å². The minimum Gasteiger partial charge on any atom is -0.0667 e. The van der Waals surface area contributed by atoms with Crippen LogP contribution in [0.1, 0.15) is 96.9 Å². The molecule has 0 N–H and O–H groups in total. The van der Waals surface area contributed by atoms with Crippen molar-refractivity contribution in [1.29, 1.82) is 0 Å². The Kier molecular flexibility index (Phi) is 2.87. The van der Waals surface area contributed by atoms with Crippen LogP contribution in [0.2, 0.25) is 0 Å². The second kappa shape index (κ2) is 3.72. The third kappa shape index (κ3) is 0.999. The van der Waals surface area contributed by atoms with E-state index in [4.69, 9.17) is 0 Å². The predicted octanol–water partition coefficient (Wildman–Crippen LogP) is 7.49.